The quantitative estimate of drug-likeness (QED) is 0.620. The second-order valence-corrected chi connectivity index (χ2v) is 5.18. The van der Waals surface area contributed by atoms with Gasteiger partial charge in [-0.25, -0.2) is 0 Å². The number of hydrogen-bond donors (Lipinski definition) is 2. The van der Waals surface area contributed by atoms with Gasteiger partial charge in [0, 0.05) is 30.3 Å². The van der Waals surface area contributed by atoms with Gasteiger partial charge in [0.15, 0.2) is 5.78 Å². The van der Waals surface area contributed by atoms with Gasteiger partial charge in [-0.15, -0.1) is 0 Å². The van der Waals surface area contributed by atoms with Crippen LogP contribution in [0.1, 0.15) is 48.0 Å². The van der Waals surface area contributed by atoms with Crippen molar-refractivity contribution in [1.29, 1.82) is 0 Å². The molecule has 0 amide bonds. The van der Waals surface area contributed by atoms with Crippen LogP contribution in [0.2, 0.25) is 0 Å². The molecule has 0 heterocycles. The minimum absolute atomic E-state index is 0.173. The normalized spacial score (nSPS) is 16.1. The number of nitrogens with two attached hydrogens (primary N) is 1. The highest BCUT2D eigenvalue weighted by Crippen LogP contribution is 2.18. The molecular weight excluding hydrogens is 224 g/mol. The lowest BCUT2D eigenvalue weighted by Gasteiger charge is -2.11. The molecule has 3 nitrogen and oxygen atoms in total. The molecule has 1 saturated carbocycles. The predicted octanol–water partition coefficient (Wildman–Crippen LogP) is 2.68. The number of rotatable bonds is 5. The molecule has 1 aromatic carbocycles. The fourth-order valence-corrected chi connectivity index (χ4v) is 2.48. The molecule has 0 aromatic heterocycles. The molecule has 0 bridgehead atoms. The molecule has 1 aliphatic carbocycles. The van der Waals surface area contributed by atoms with E-state index in [4.69, 9.17) is 5.73 Å². The number of carbonyl (C=O) groups excluding carboxylic acids is 1. The van der Waals surface area contributed by atoms with E-state index in [1.807, 2.05) is 19.1 Å². The van der Waals surface area contributed by atoms with Crippen LogP contribution in [-0.4, -0.2) is 18.4 Å². The summed E-state index contributed by atoms with van der Waals surface area (Å²) in [4.78, 5) is 12.0. The summed E-state index contributed by atoms with van der Waals surface area (Å²) >= 11 is 0. The van der Waals surface area contributed by atoms with E-state index in [0.717, 1.165) is 17.7 Å². The molecule has 1 fully saturated rings. The second kappa shape index (κ2) is 6.01. The van der Waals surface area contributed by atoms with Gasteiger partial charge in [0.2, 0.25) is 0 Å². The number of nitrogen functional groups attached to an aromatic ring is 1. The van der Waals surface area contributed by atoms with Crippen molar-refractivity contribution in [3.8, 4) is 0 Å². The van der Waals surface area contributed by atoms with E-state index in [9.17, 15) is 4.79 Å². The zero-order valence-corrected chi connectivity index (χ0v) is 11.0. The Morgan fingerprint density at radius 1 is 1.39 bits per heavy atom. The van der Waals surface area contributed by atoms with Crippen LogP contribution in [0.4, 0.5) is 5.69 Å². The van der Waals surface area contributed by atoms with Crippen LogP contribution in [0.25, 0.3) is 0 Å². The standard InChI is InChI=1S/C15H22N2O/c1-11-6-7-12(10-14(11)16)15(18)8-9-17-13-4-2-3-5-13/h6-7,10,13,17H,2-5,8-9,16H2,1H3. The molecule has 0 atom stereocenters. The van der Waals surface area contributed by atoms with E-state index < -0.39 is 0 Å². The smallest absolute Gasteiger partial charge is 0.164 e. The molecule has 0 aliphatic heterocycles. The Morgan fingerprint density at radius 3 is 2.78 bits per heavy atom. The first-order valence-corrected chi connectivity index (χ1v) is 6.79. The first kappa shape index (κ1) is 13.1. The van der Waals surface area contributed by atoms with Gasteiger partial charge in [0.1, 0.15) is 0 Å². The molecule has 0 saturated heterocycles. The van der Waals surface area contributed by atoms with Crippen molar-refractivity contribution < 1.29 is 4.79 Å². The number of Topliss-reactive ketones (excluding diaryl/α,β-unsaturated/α-hetero) is 1. The molecule has 0 spiro atoms. The Kier molecular flexibility index (Phi) is 4.37. The minimum Gasteiger partial charge on any atom is -0.398 e. The number of ketones is 1. The predicted molar refractivity (Wildman–Crippen MR) is 74.8 cm³/mol. The van der Waals surface area contributed by atoms with Crippen molar-refractivity contribution >= 4 is 11.5 Å². The van der Waals surface area contributed by atoms with Crippen LogP contribution >= 0.6 is 0 Å². The second-order valence-electron chi connectivity index (χ2n) is 5.18. The van der Waals surface area contributed by atoms with Crippen LogP contribution in [-0.2, 0) is 0 Å². The Labute approximate surface area is 109 Å². The van der Waals surface area contributed by atoms with Crippen molar-refractivity contribution in [2.24, 2.45) is 0 Å². The lowest BCUT2D eigenvalue weighted by Crippen LogP contribution is -2.28. The third-order valence-electron chi connectivity index (χ3n) is 3.74. The summed E-state index contributed by atoms with van der Waals surface area (Å²) in [7, 11) is 0. The molecule has 2 rings (SSSR count). The van der Waals surface area contributed by atoms with Gasteiger partial charge in [-0.05, 0) is 31.4 Å². The third kappa shape index (κ3) is 3.33. The van der Waals surface area contributed by atoms with E-state index >= 15 is 0 Å². The summed E-state index contributed by atoms with van der Waals surface area (Å²) in [6.07, 6.45) is 5.70. The molecule has 1 aromatic rings. The van der Waals surface area contributed by atoms with Crippen molar-refractivity contribution in [2.75, 3.05) is 12.3 Å². The number of nitrogens with one attached hydrogen (secondary N) is 1. The molecule has 1 aliphatic rings. The summed E-state index contributed by atoms with van der Waals surface area (Å²) in [5, 5.41) is 3.46. The van der Waals surface area contributed by atoms with Crippen LogP contribution in [0.3, 0.4) is 0 Å². The summed E-state index contributed by atoms with van der Waals surface area (Å²) in [5.74, 6) is 0.173. The van der Waals surface area contributed by atoms with E-state index in [0.29, 0.717) is 18.2 Å². The number of benzene rings is 1. The van der Waals surface area contributed by atoms with Gasteiger partial charge in [-0.1, -0.05) is 25.0 Å². The van der Waals surface area contributed by atoms with Gasteiger partial charge >= 0.3 is 0 Å². The molecule has 18 heavy (non-hydrogen) atoms. The maximum Gasteiger partial charge on any atom is 0.164 e. The van der Waals surface area contributed by atoms with Gasteiger partial charge < -0.3 is 11.1 Å². The Balaban J connectivity index is 1.81. The maximum absolute atomic E-state index is 12.0. The van der Waals surface area contributed by atoms with E-state index in [2.05, 4.69) is 5.32 Å². The van der Waals surface area contributed by atoms with E-state index in [1.165, 1.54) is 25.7 Å². The van der Waals surface area contributed by atoms with Crippen molar-refractivity contribution in [3.63, 3.8) is 0 Å². The van der Waals surface area contributed by atoms with Gasteiger partial charge in [-0.3, -0.25) is 4.79 Å². The third-order valence-corrected chi connectivity index (χ3v) is 3.74. The fraction of sp³-hybridized carbons (Fsp3) is 0.533. The zero-order chi connectivity index (χ0) is 13.0. The highest BCUT2D eigenvalue weighted by molar-refractivity contribution is 5.97. The Hall–Kier alpha value is -1.35. The van der Waals surface area contributed by atoms with Crippen molar-refractivity contribution in [3.05, 3.63) is 29.3 Å². The van der Waals surface area contributed by atoms with Crippen LogP contribution < -0.4 is 11.1 Å². The number of aryl methyl sites for hydroxylation is 1. The average molecular weight is 246 g/mol. The van der Waals surface area contributed by atoms with Crippen LogP contribution in [0, 0.1) is 6.92 Å². The molecule has 98 valence electrons. The fourth-order valence-electron chi connectivity index (χ4n) is 2.48. The minimum atomic E-state index is 0.173. The first-order chi connectivity index (χ1) is 8.66. The highest BCUT2D eigenvalue weighted by atomic mass is 16.1. The van der Waals surface area contributed by atoms with Gasteiger partial charge in [0.05, 0.1) is 0 Å². The molecule has 0 radical (unpaired) electrons. The molecule has 3 N–H and O–H groups in total. The summed E-state index contributed by atoms with van der Waals surface area (Å²) in [6, 6.07) is 6.19. The van der Waals surface area contributed by atoms with Crippen molar-refractivity contribution in [2.45, 2.75) is 45.1 Å². The van der Waals surface area contributed by atoms with Crippen LogP contribution in [0.5, 0.6) is 0 Å². The number of anilines is 1. The average Bonchev–Trinajstić information content (AvgIpc) is 2.85. The molecule has 3 heteroatoms. The lowest BCUT2D eigenvalue weighted by molar-refractivity contribution is 0.0981. The summed E-state index contributed by atoms with van der Waals surface area (Å²) in [6.45, 7) is 2.72. The van der Waals surface area contributed by atoms with Gasteiger partial charge in [-0.2, -0.15) is 0 Å². The topological polar surface area (TPSA) is 55.1 Å². The van der Waals surface area contributed by atoms with Crippen LogP contribution in [0.15, 0.2) is 18.2 Å². The summed E-state index contributed by atoms with van der Waals surface area (Å²) in [5.41, 5.74) is 8.27. The largest absolute Gasteiger partial charge is 0.398 e. The van der Waals surface area contributed by atoms with E-state index in [1.54, 1.807) is 6.07 Å². The zero-order valence-electron chi connectivity index (χ0n) is 11.0. The first-order valence-electron chi connectivity index (χ1n) is 6.79. The Bertz CT molecular complexity index is 423. The van der Waals surface area contributed by atoms with E-state index in [-0.39, 0.29) is 5.78 Å². The number of hydrogen-bond acceptors (Lipinski definition) is 3. The molecule has 0 unspecified atom stereocenters. The summed E-state index contributed by atoms with van der Waals surface area (Å²) < 4.78 is 0. The monoisotopic (exact) mass is 246 g/mol. The lowest BCUT2D eigenvalue weighted by atomic mass is 10.0. The van der Waals surface area contributed by atoms with Gasteiger partial charge in [0.25, 0.3) is 0 Å². The molecular formula is C15H22N2O. The SMILES string of the molecule is Cc1ccc(C(=O)CCNC2CCCC2)cc1N. The number of carbonyl (C=O) groups is 1. The van der Waals surface area contributed by atoms with Crippen molar-refractivity contribution in [1.82, 2.24) is 5.32 Å². The maximum atomic E-state index is 12.0. The Morgan fingerprint density at radius 2 is 2.11 bits per heavy atom. The highest BCUT2D eigenvalue weighted by Gasteiger charge is 2.14.